The van der Waals surface area contributed by atoms with E-state index >= 15 is 0 Å². The number of anilines is 1. The molecule has 1 amide bonds. The van der Waals surface area contributed by atoms with E-state index in [1.807, 2.05) is 0 Å². The van der Waals surface area contributed by atoms with Crippen LogP contribution < -0.4 is 5.32 Å². The number of methoxy groups -OCH3 is 1. The molecular weight excluding hydrogens is 356 g/mol. The van der Waals surface area contributed by atoms with Crippen molar-refractivity contribution < 1.29 is 17.9 Å². The van der Waals surface area contributed by atoms with Gasteiger partial charge in [-0.2, -0.15) is 0 Å². The lowest BCUT2D eigenvalue weighted by Gasteiger charge is -2.26. The average molecular weight is 380 g/mol. The van der Waals surface area contributed by atoms with Gasteiger partial charge in [-0.1, -0.05) is 0 Å². The number of nitrogens with zero attached hydrogens (tertiary/aromatic N) is 3. The Morgan fingerprint density at radius 1 is 1.38 bits per heavy atom. The number of rotatable bonds is 6. The van der Waals surface area contributed by atoms with Gasteiger partial charge in [-0.3, -0.25) is 4.79 Å². The van der Waals surface area contributed by atoms with Crippen molar-refractivity contribution in [3.8, 4) is 0 Å². The van der Waals surface area contributed by atoms with Gasteiger partial charge in [-0.05, 0) is 18.8 Å². The number of amides is 1. The first-order chi connectivity index (χ1) is 12.5. The number of aromatic nitrogens is 2. The molecule has 1 N–H and O–H groups in total. The standard InChI is InChI=1S/C17H24N4O4S/c1-25-5-4-15(22)21-8-13-14(9-21)26(23,24)10-12-7-19-17(20-16(12)13)18-6-11-2-3-11/h7,11,13-14H,2-6,8-10H2,1H3,(H,18,19,20)/t13-,14-/m0/s1. The maximum absolute atomic E-state index is 12.7. The van der Waals surface area contributed by atoms with Gasteiger partial charge < -0.3 is 15.0 Å². The summed E-state index contributed by atoms with van der Waals surface area (Å²) in [5, 5.41) is 2.67. The molecule has 0 unspecified atom stereocenters. The summed E-state index contributed by atoms with van der Waals surface area (Å²) < 4.78 is 30.3. The Kier molecular flexibility index (Phi) is 4.60. The minimum absolute atomic E-state index is 0.0491. The van der Waals surface area contributed by atoms with Gasteiger partial charge in [0.1, 0.15) is 0 Å². The molecule has 3 aliphatic rings. The van der Waals surface area contributed by atoms with Crippen LogP contribution in [0.4, 0.5) is 5.95 Å². The summed E-state index contributed by atoms with van der Waals surface area (Å²) in [6.45, 7) is 1.82. The van der Waals surface area contributed by atoms with Gasteiger partial charge in [0, 0.05) is 44.4 Å². The van der Waals surface area contributed by atoms with Gasteiger partial charge in [0.15, 0.2) is 9.84 Å². The fraction of sp³-hybridized carbons (Fsp3) is 0.706. The molecule has 0 aromatic carbocycles. The van der Waals surface area contributed by atoms with Crippen LogP contribution in [0.1, 0.15) is 36.4 Å². The minimum Gasteiger partial charge on any atom is -0.384 e. The molecule has 1 saturated heterocycles. The van der Waals surface area contributed by atoms with Crippen molar-refractivity contribution in [3.05, 3.63) is 17.5 Å². The average Bonchev–Trinajstić information content (AvgIpc) is 3.32. The van der Waals surface area contributed by atoms with Crippen LogP contribution in [0.2, 0.25) is 0 Å². The molecule has 0 radical (unpaired) electrons. The third-order valence-corrected chi connectivity index (χ3v) is 7.57. The Morgan fingerprint density at radius 3 is 2.92 bits per heavy atom. The Labute approximate surface area is 153 Å². The predicted octanol–water partition coefficient (Wildman–Crippen LogP) is 0.558. The molecule has 9 heteroatoms. The van der Waals surface area contributed by atoms with Crippen LogP contribution >= 0.6 is 0 Å². The predicted molar refractivity (Wildman–Crippen MR) is 95.5 cm³/mol. The number of nitrogens with one attached hydrogen (secondary N) is 1. The van der Waals surface area contributed by atoms with Crippen molar-refractivity contribution in [2.45, 2.75) is 36.2 Å². The van der Waals surface area contributed by atoms with Crippen molar-refractivity contribution in [1.29, 1.82) is 0 Å². The summed E-state index contributed by atoms with van der Waals surface area (Å²) in [4.78, 5) is 22.9. The second-order valence-electron chi connectivity index (χ2n) is 7.42. The summed E-state index contributed by atoms with van der Waals surface area (Å²) in [5.41, 5.74) is 1.44. The first kappa shape index (κ1) is 17.7. The zero-order chi connectivity index (χ0) is 18.3. The monoisotopic (exact) mass is 380 g/mol. The van der Waals surface area contributed by atoms with Gasteiger partial charge in [0.2, 0.25) is 11.9 Å². The molecule has 3 heterocycles. The number of likely N-dealkylation sites (tertiary alicyclic amines) is 1. The Balaban J connectivity index is 1.57. The van der Waals surface area contributed by atoms with Crippen molar-refractivity contribution in [1.82, 2.24) is 14.9 Å². The topological polar surface area (TPSA) is 101 Å². The molecular formula is C17H24N4O4S. The highest BCUT2D eigenvalue weighted by Crippen LogP contribution is 2.39. The fourth-order valence-corrected chi connectivity index (χ4v) is 5.76. The number of ether oxygens (including phenoxy) is 1. The molecule has 142 valence electrons. The lowest BCUT2D eigenvalue weighted by atomic mass is 10.00. The van der Waals surface area contributed by atoms with Crippen LogP contribution in [0, 0.1) is 5.92 Å². The molecule has 0 spiro atoms. The summed E-state index contributed by atoms with van der Waals surface area (Å²) in [7, 11) is -1.77. The first-order valence-corrected chi connectivity index (χ1v) is 10.8. The number of sulfone groups is 1. The Hall–Kier alpha value is -1.74. The Morgan fingerprint density at radius 2 is 2.19 bits per heavy atom. The van der Waals surface area contributed by atoms with Crippen LogP contribution in [0.3, 0.4) is 0 Å². The molecule has 8 nitrogen and oxygen atoms in total. The van der Waals surface area contributed by atoms with Crippen LogP contribution in [0.25, 0.3) is 0 Å². The van der Waals surface area contributed by atoms with E-state index in [1.54, 1.807) is 18.2 Å². The second-order valence-corrected chi connectivity index (χ2v) is 9.64. The van der Waals surface area contributed by atoms with Crippen molar-refractivity contribution in [2.75, 3.05) is 38.7 Å². The highest BCUT2D eigenvalue weighted by molar-refractivity contribution is 7.91. The van der Waals surface area contributed by atoms with Crippen LogP contribution in [-0.2, 0) is 25.1 Å². The number of hydrogen-bond acceptors (Lipinski definition) is 7. The lowest BCUT2D eigenvalue weighted by molar-refractivity contribution is -0.131. The van der Waals surface area contributed by atoms with Crippen LogP contribution in [0.5, 0.6) is 0 Å². The molecule has 2 fully saturated rings. The SMILES string of the molecule is COCCC(=O)N1C[C@@H]2c3nc(NCC4CC4)ncc3CS(=O)(=O)[C@H]2C1. The molecule has 2 aliphatic heterocycles. The Bertz CT molecular complexity index is 809. The molecule has 1 saturated carbocycles. The third-order valence-electron chi connectivity index (χ3n) is 5.45. The highest BCUT2D eigenvalue weighted by atomic mass is 32.2. The number of carbonyl (C=O) groups excluding carboxylic acids is 1. The molecule has 4 rings (SSSR count). The van der Waals surface area contributed by atoms with E-state index in [1.165, 1.54) is 12.8 Å². The van der Waals surface area contributed by atoms with E-state index < -0.39 is 15.1 Å². The summed E-state index contributed by atoms with van der Waals surface area (Å²) >= 11 is 0. The zero-order valence-electron chi connectivity index (χ0n) is 14.8. The molecule has 26 heavy (non-hydrogen) atoms. The minimum atomic E-state index is -3.31. The molecule has 1 aliphatic carbocycles. The first-order valence-electron chi connectivity index (χ1n) is 9.06. The molecule has 2 atom stereocenters. The number of fused-ring (bicyclic) bond motifs is 3. The molecule has 1 aromatic heterocycles. The van der Waals surface area contributed by atoms with E-state index in [0.717, 1.165) is 12.2 Å². The van der Waals surface area contributed by atoms with E-state index in [2.05, 4.69) is 15.3 Å². The summed E-state index contributed by atoms with van der Waals surface area (Å²) in [5.74, 6) is 0.854. The quantitative estimate of drug-likeness (QED) is 0.769. The maximum Gasteiger partial charge on any atom is 0.224 e. The summed E-state index contributed by atoms with van der Waals surface area (Å²) in [6.07, 6.45) is 4.36. The van der Waals surface area contributed by atoms with Gasteiger partial charge in [0.05, 0.1) is 29.7 Å². The van der Waals surface area contributed by atoms with Gasteiger partial charge in [-0.15, -0.1) is 0 Å². The van der Waals surface area contributed by atoms with Gasteiger partial charge in [-0.25, -0.2) is 18.4 Å². The third kappa shape index (κ3) is 3.42. The van der Waals surface area contributed by atoms with E-state index in [-0.39, 0.29) is 30.5 Å². The van der Waals surface area contributed by atoms with Gasteiger partial charge in [0.25, 0.3) is 0 Å². The smallest absolute Gasteiger partial charge is 0.224 e. The zero-order valence-corrected chi connectivity index (χ0v) is 15.7. The van der Waals surface area contributed by atoms with E-state index in [9.17, 15) is 13.2 Å². The molecule has 0 bridgehead atoms. The van der Waals surface area contributed by atoms with Crippen molar-refractivity contribution in [3.63, 3.8) is 0 Å². The van der Waals surface area contributed by atoms with Gasteiger partial charge >= 0.3 is 0 Å². The van der Waals surface area contributed by atoms with Crippen LogP contribution in [-0.4, -0.2) is 67.8 Å². The molecule has 1 aromatic rings. The van der Waals surface area contributed by atoms with Crippen LogP contribution in [0.15, 0.2) is 6.20 Å². The number of hydrogen-bond donors (Lipinski definition) is 1. The van der Waals surface area contributed by atoms with E-state index in [0.29, 0.717) is 30.6 Å². The maximum atomic E-state index is 12.7. The van der Waals surface area contributed by atoms with Crippen molar-refractivity contribution in [2.24, 2.45) is 5.92 Å². The lowest BCUT2D eigenvalue weighted by Crippen LogP contribution is -2.36. The normalized spacial score (nSPS) is 26.3. The fourth-order valence-electron chi connectivity index (χ4n) is 3.77. The largest absolute Gasteiger partial charge is 0.384 e. The number of carbonyl (C=O) groups is 1. The van der Waals surface area contributed by atoms with E-state index in [4.69, 9.17) is 4.74 Å². The summed E-state index contributed by atoms with van der Waals surface area (Å²) in [6, 6.07) is 0. The van der Waals surface area contributed by atoms with Crippen molar-refractivity contribution >= 4 is 21.7 Å². The second kappa shape index (κ2) is 6.77. The highest BCUT2D eigenvalue weighted by Gasteiger charge is 2.48.